The number of halogens is 1. The maximum absolute atomic E-state index is 11.6. The van der Waals surface area contributed by atoms with Crippen LogP contribution in [0.25, 0.3) is 0 Å². The highest BCUT2D eigenvalue weighted by Gasteiger charge is 2.12. The van der Waals surface area contributed by atoms with Crippen LogP contribution >= 0.6 is 11.6 Å². The molecule has 0 saturated heterocycles. The van der Waals surface area contributed by atoms with Crippen LogP contribution in [0.15, 0.2) is 24.3 Å². The first kappa shape index (κ1) is 14.3. The largest absolute Gasteiger partial charge is 0.327 e. The summed E-state index contributed by atoms with van der Waals surface area (Å²) in [4.78, 5) is 24.6. The van der Waals surface area contributed by atoms with E-state index in [-0.39, 0.29) is 0 Å². The van der Waals surface area contributed by atoms with Gasteiger partial charge in [-0.1, -0.05) is 11.6 Å². The third-order valence-electron chi connectivity index (χ3n) is 2.37. The zero-order chi connectivity index (χ0) is 13.5. The van der Waals surface area contributed by atoms with Gasteiger partial charge in [0.1, 0.15) is 0 Å². The van der Waals surface area contributed by atoms with Gasteiger partial charge in [-0.15, -0.1) is 0 Å². The molecule has 0 aliphatic rings. The molecule has 1 aromatic rings. The minimum Gasteiger partial charge on any atom is -0.325 e. The van der Waals surface area contributed by atoms with Crippen molar-refractivity contribution in [1.29, 1.82) is 0 Å². The molecule has 2 N–H and O–H groups in total. The van der Waals surface area contributed by atoms with Crippen LogP contribution in [0.2, 0.25) is 5.02 Å². The highest BCUT2D eigenvalue weighted by molar-refractivity contribution is 6.30. The first-order valence-electron chi connectivity index (χ1n) is 5.69. The van der Waals surface area contributed by atoms with E-state index in [4.69, 9.17) is 11.6 Å². The molecule has 98 valence electrons. The number of hydrogen-bond acceptors (Lipinski definition) is 2. The highest BCUT2D eigenvalue weighted by Crippen LogP contribution is 2.12. The zero-order valence-corrected chi connectivity index (χ0v) is 11.1. The van der Waals surface area contributed by atoms with E-state index in [9.17, 15) is 9.59 Å². The van der Waals surface area contributed by atoms with Gasteiger partial charge in [0.2, 0.25) is 0 Å². The van der Waals surface area contributed by atoms with Crippen molar-refractivity contribution in [3.8, 4) is 0 Å². The predicted octanol–water partition coefficient (Wildman–Crippen LogP) is 2.92. The summed E-state index contributed by atoms with van der Waals surface area (Å²) in [6.45, 7) is 4.80. The van der Waals surface area contributed by atoms with Crippen LogP contribution < -0.4 is 10.6 Å². The fraction of sp³-hybridized carbons (Fsp3) is 0.333. The lowest BCUT2D eigenvalue weighted by atomic mass is 10.3. The summed E-state index contributed by atoms with van der Waals surface area (Å²) in [6.07, 6.45) is 0. The second-order valence-corrected chi connectivity index (χ2v) is 4.00. The van der Waals surface area contributed by atoms with Crippen molar-refractivity contribution in [3.05, 3.63) is 29.3 Å². The number of anilines is 1. The van der Waals surface area contributed by atoms with Crippen LogP contribution in [0.4, 0.5) is 15.3 Å². The summed E-state index contributed by atoms with van der Waals surface area (Å²) < 4.78 is 0. The Kier molecular flexibility index (Phi) is 5.45. The van der Waals surface area contributed by atoms with Crippen molar-refractivity contribution in [2.24, 2.45) is 0 Å². The van der Waals surface area contributed by atoms with Gasteiger partial charge in [0.25, 0.3) is 0 Å². The van der Waals surface area contributed by atoms with Gasteiger partial charge >= 0.3 is 12.1 Å². The van der Waals surface area contributed by atoms with Crippen LogP contribution in [0, 0.1) is 0 Å². The van der Waals surface area contributed by atoms with E-state index < -0.39 is 12.1 Å². The number of rotatable bonds is 3. The Morgan fingerprint density at radius 3 is 2.22 bits per heavy atom. The van der Waals surface area contributed by atoms with Crippen molar-refractivity contribution >= 4 is 29.4 Å². The normalized spacial score (nSPS) is 9.72. The molecule has 0 aliphatic heterocycles. The van der Waals surface area contributed by atoms with Gasteiger partial charge in [0, 0.05) is 23.8 Å². The highest BCUT2D eigenvalue weighted by atomic mass is 35.5. The Bertz CT molecular complexity index is 416. The molecule has 0 aromatic heterocycles. The van der Waals surface area contributed by atoms with Gasteiger partial charge in [-0.3, -0.25) is 5.32 Å². The van der Waals surface area contributed by atoms with Crippen LogP contribution in [-0.4, -0.2) is 30.1 Å². The molecule has 0 saturated carbocycles. The minimum atomic E-state index is -0.561. The van der Waals surface area contributed by atoms with Gasteiger partial charge in [-0.05, 0) is 38.1 Å². The van der Waals surface area contributed by atoms with E-state index >= 15 is 0 Å². The fourth-order valence-electron chi connectivity index (χ4n) is 1.38. The molecular formula is C12H16ClN3O2. The number of carbonyl (C=O) groups is 2. The van der Waals surface area contributed by atoms with Gasteiger partial charge < -0.3 is 10.2 Å². The number of hydrogen-bond donors (Lipinski definition) is 2. The van der Waals surface area contributed by atoms with Crippen molar-refractivity contribution in [1.82, 2.24) is 10.2 Å². The molecule has 4 amide bonds. The summed E-state index contributed by atoms with van der Waals surface area (Å²) in [5, 5.41) is 5.38. The molecule has 0 aliphatic carbocycles. The molecule has 0 spiro atoms. The molecule has 0 atom stereocenters. The van der Waals surface area contributed by atoms with Crippen LogP contribution in [-0.2, 0) is 0 Å². The standard InChI is InChI=1S/C12H16ClN3O2/c1-3-16(4-2)12(18)15-11(17)14-10-7-5-9(13)6-8-10/h5-8H,3-4H2,1-2H3,(H2,14,15,17,18). The average Bonchev–Trinajstić information content (AvgIpc) is 2.33. The lowest BCUT2D eigenvalue weighted by Gasteiger charge is -2.18. The summed E-state index contributed by atoms with van der Waals surface area (Å²) in [5.41, 5.74) is 0.573. The molecule has 0 unspecified atom stereocenters. The Labute approximate surface area is 111 Å². The first-order valence-corrected chi connectivity index (χ1v) is 6.07. The molecule has 1 aromatic carbocycles. The van der Waals surface area contributed by atoms with Gasteiger partial charge in [-0.2, -0.15) is 0 Å². The Hall–Kier alpha value is -1.75. The first-order chi connectivity index (χ1) is 8.56. The smallest absolute Gasteiger partial charge is 0.325 e. The fourth-order valence-corrected chi connectivity index (χ4v) is 1.51. The second kappa shape index (κ2) is 6.86. The van der Waals surface area contributed by atoms with E-state index in [1.54, 1.807) is 24.3 Å². The predicted molar refractivity (Wildman–Crippen MR) is 71.9 cm³/mol. The van der Waals surface area contributed by atoms with Gasteiger partial charge in [0.15, 0.2) is 0 Å². The maximum atomic E-state index is 11.6. The summed E-state index contributed by atoms with van der Waals surface area (Å²) in [6, 6.07) is 5.65. The second-order valence-electron chi connectivity index (χ2n) is 3.56. The van der Waals surface area contributed by atoms with E-state index in [1.807, 2.05) is 13.8 Å². The average molecular weight is 270 g/mol. The van der Waals surface area contributed by atoms with Crippen molar-refractivity contribution in [3.63, 3.8) is 0 Å². The summed E-state index contributed by atoms with van der Waals surface area (Å²) in [5.74, 6) is 0. The van der Waals surface area contributed by atoms with Crippen molar-refractivity contribution in [2.45, 2.75) is 13.8 Å². The number of urea groups is 2. The Morgan fingerprint density at radius 1 is 1.17 bits per heavy atom. The van der Waals surface area contributed by atoms with Crippen LogP contribution in [0.1, 0.15) is 13.8 Å². The number of nitrogens with one attached hydrogen (secondary N) is 2. The van der Waals surface area contributed by atoms with Crippen molar-refractivity contribution < 1.29 is 9.59 Å². The lowest BCUT2D eigenvalue weighted by molar-refractivity contribution is 0.202. The molecule has 6 heteroatoms. The Balaban J connectivity index is 2.51. The van der Waals surface area contributed by atoms with E-state index in [2.05, 4.69) is 10.6 Å². The molecular weight excluding hydrogens is 254 g/mol. The van der Waals surface area contributed by atoms with Crippen LogP contribution in [0.5, 0.6) is 0 Å². The SMILES string of the molecule is CCN(CC)C(=O)NC(=O)Nc1ccc(Cl)cc1. The minimum absolute atomic E-state index is 0.411. The molecule has 5 nitrogen and oxygen atoms in total. The molecule has 18 heavy (non-hydrogen) atoms. The summed E-state index contributed by atoms with van der Waals surface area (Å²) >= 11 is 5.72. The maximum Gasteiger partial charge on any atom is 0.327 e. The molecule has 0 radical (unpaired) electrons. The van der Waals surface area contributed by atoms with Crippen molar-refractivity contribution in [2.75, 3.05) is 18.4 Å². The summed E-state index contributed by atoms with van der Waals surface area (Å²) in [7, 11) is 0. The van der Waals surface area contributed by atoms with E-state index in [0.717, 1.165) is 0 Å². The Morgan fingerprint density at radius 2 is 1.72 bits per heavy atom. The lowest BCUT2D eigenvalue weighted by Crippen LogP contribution is -2.44. The topological polar surface area (TPSA) is 61.4 Å². The van der Waals surface area contributed by atoms with Gasteiger partial charge in [0.05, 0.1) is 0 Å². The van der Waals surface area contributed by atoms with Gasteiger partial charge in [-0.25, -0.2) is 9.59 Å². The third-order valence-corrected chi connectivity index (χ3v) is 2.63. The number of benzene rings is 1. The van der Waals surface area contributed by atoms with E-state index in [1.165, 1.54) is 4.90 Å². The number of imide groups is 1. The monoisotopic (exact) mass is 269 g/mol. The molecule has 1 rings (SSSR count). The van der Waals surface area contributed by atoms with Crippen LogP contribution in [0.3, 0.4) is 0 Å². The molecule has 0 heterocycles. The number of carbonyl (C=O) groups excluding carboxylic acids is 2. The zero-order valence-electron chi connectivity index (χ0n) is 10.4. The number of nitrogens with zero attached hydrogens (tertiary/aromatic N) is 1. The molecule has 0 bridgehead atoms. The third kappa shape index (κ3) is 4.25. The molecule has 0 fully saturated rings. The quantitative estimate of drug-likeness (QED) is 0.886. The number of amides is 4. The van der Waals surface area contributed by atoms with E-state index in [0.29, 0.717) is 23.8 Å².